The molecule has 1 saturated heterocycles. The van der Waals surface area contributed by atoms with E-state index in [1.54, 1.807) is 19.9 Å². The fourth-order valence-electron chi connectivity index (χ4n) is 4.08. The quantitative estimate of drug-likeness (QED) is 0.414. The molecule has 4 rings (SSSR count). The number of aliphatic hydroxyl groups excluding tert-OH is 2. The van der Waals surface area contributed by atoms with Gasteiger partial charge in [0, 0.05) is 25.2 Å². The zero-order chi connectivity index (χ0) is 25.5. The van der Waals surface area contributed by atoms with Crippen LogP contribution in [0, 0.1) is 17.5 Å². The van der Waals surface area contributed by atoms with Crippen LogP contribution in [0.25, 0.3) is 11.3 Å². The molecule has 3 aromatic rings. The highest BCUT2D eigenvalue weighted by atomic mass is 19.2. The molecule has 3 heterocycles. The van der Waals surface area contributed by atoms with Crippen molar-refractivity contribution in [1.29, 1.82) is 0 Å². The lowest BCUT2D eigenvalue weighted by Crippen LogP contribution is -2.57. The second kappa shape index (κ2) is 9.66. The molecule has 0 saturated carbocycles. The molecule has 1 aliphatic heterocycles. The van der Waals surface area contributed by atoms with Crippen molar-refractivity contribution in [1.82, 2.24) is 20.2 Å². The highest BCUT2D eigenvalue weighted by Gasteiger charge is 2.47. The number of hydrogen-bond acceptors (Lipinski definition) is 9. The third kappa shape index (κ3) is 4.95. The maximum absolute atomic E-state index is 13.7. The molecule has 1 aliphatic rings. The number of aromatic nitrogens is 4. The Kier molecular flexibility index (Phi) is 6.97. The first-order chi connectivity index (χ1) is 16.5. The fourth-order valence-corrected chi connectivity index (χ4v) is 4.08. The minimum atomic E-state index is -1.60. The standard InChI is InChI=1S/C22H25F3N4O6/c1-22(2,32)17-7-11(35-27-17)6-15-21(33-3)19(20(31)16(9-30)34-15)29-8-14(26-28-29)10-4-12(23)18(25)13(24)5-10/h4-5,7-8,15-16,19-21,30-32H,6,9H2,1-3H3/t15-,16-,19+,20+,21+/m1/s1. The predicted octanol–water partition coefficient (Wildman–Crippen LogP) is 1.50. The summed E-state index contributed by atoms with van der Waals surface area (Å²) in [7, 11) is 1.39. The molecule has 0 radical (unpaired) electrons. The summed E-state index contributed by atoms with van der Waals surface area (Å²) < 4.78 is 58.8. The molecule has 0 amide bonds. The third-order valence-corrected chi connectivity index (χ3v) is 5.92. The second-order valence-corrected chi connectivity index (χ2v) is 8.86. The average molecular weight is 498 g/mol. The van der Waals surface area contributed by atoms with E-state index in [1.807, 2.05) is 0 Å². The van der Waals surface area contributed by atoms with Gasteiger partial charge in [0.2, 0.25) is 0 Å². The first-order valence-corrected chi connectivity index (χ1v) is 10.8. The first kappa shape index (κ1) is 25.3. The van der Waals surface area contributed by atoms with Gasteiger partial charge in [-0.1, -0.05) is 10.4 Å². The lowest BCUT2D eigenvalue weighted by Gasteiger charge is -2.43. The smallest absolute Gasteiger partial charge is 0.194 e. The molecule has 0 spiro atoms. The maximum atomic E-state index is 13.7. The monoisotopic (exact) mass is 498 g/mol. The molecular formula is C22H25F3N4O6. The number of methoxy groups -OCH3 is 1. The molecule has 3 N–H and O–H groups in total. The Morgan fingerprint density at radius 3 is 2.40 bits per heavy atom. The number of nitrogens with zero attached hydrogens (tertiary/aromatic N) is 4. The van der Waals surface area contributed by atoms with E-state index in [-0.39, 0.29) is 17.7 Å². The van der Waals surface area contributed by atoms with E-state index >= 15 is 0 Å². The summed E-state index contributed by atoms with van der Waals surface area (Å²) in [6, 6.07) is 2.20. The van der Waals surface area contributed by atoms with Crippen molar-refractivity contribution >= 4 is 0 Å². The van der Waals surface area contributed by atoms with Gasteiger partial charge in [0.05, 0.1) is 18.9 Å². The highest BCUT2D eigenvalue weighted by molar-refractivity contribution is 5.57. The van der Waals surface area contributed by atoms with Gasteiger partial charge in [0.25, 0.3) is 0 Å². The zero-order valence-corrected chi connectivity index (χ0v) is 19.1. The summed E-state index contributed by atoms with van der Waals surface area (Å²) in [5.41, 5.74) is -0.941. The van der Waals surface area contributed by atoms with Gasteiger partial charge < -0.3 is 29.3 Å². The topological polar surface area (TPSA) is 136 Å². The van der Waals surface area contributed by atoms with Crippen molar-refractivity contribution in [2.75, 3.05) is 13.7 Å². The van der Waals surface area contributed by atoms with Crippen molar-refractivity contribution in [2.45, 2.75) is 56.3 Å². The van der Waals surface area contributed by atoms with Crippen LogP contribution in [-0.2, 0) is 21.5 Å². The van der Waals surface area contributed by atoms with Crippen LogP contribution in [0.5, 0.6) is 0 Å². The number of ether oxygens (including phenoxy) is 2. The van der Waals surface area contributed by atoms with Gasteiger partial charge in [-0.3, -0.25) is 0 Å². The summed E-state index contributed by atoms with van der Waals surface area (Å²) in [4.78, 5) is 0. The molecule has 0 bridgehead atoms. The van der Waals surface area contributed by atoms with E-state index in [0.29, 0.717) is 11.5 Å². The van der Waals surface area contributed by atoms with Gasteiger partial charge in [-0.2, -0.15) is 0 Å². The van der Waals surface area contributed by atoms with Gasteiger partial charge in [-0.05, 0) is 26.0 Å². The zero-order valence-electron chi connectivity index (χ0n) is 19.1. The molecule has 10 nitrogen and oxygen atoms in total. The van der Waals surface area contributed by atoms with Crippen LogP contribution in [0.2, 0.25) is 0 Å². The third-order valence-electron chi connectivity index (χ3n) is 5.92. The lowest BCUT2D eigenvalue weighted by molar-refractivity contribution is -0.212. The van der Waals surface area contributed by atoms with E-state index in [1.165, 1.54) is 18.0 Å². The van der Waals surface area contributed by atoms with Gasteiger partial charge >= 0.3 is 0 Å². The SMILES string of the molecule is CO[C@@H]1[C@@H](n2cc(-c3cc(F)c(F)c(F)c3)nn2)[C@@H](O)[C@@H](CO)O[C@@H]1Cc1cc(C(C)(C)O)no1. The molecule has 1 fully saturated rings. The van der Waals surface area contributed by atoms with Crippen LogP contribution in [0.1, 0.15) is 31.3 Å². The van der Waals surface area contributed by atoms with Crippen LogP contribution in [-0.4, -0.2) is 73.6 Å². The number of aliphatic hydroxyl groups is 3. The summed E-state index contributed by atoms with van der Waals surface area (Å²) in [6.07, 6.45) is -2.46. The number of hydrogen-bond donors (Lipinski definition) is 3. The summed E-state index contributed by atoms with van der Waals surface area (Å²) in [6.45, 7) is 2.59. The predicted molar refractivity (Wildman–Crippen MR) is 112 cm³/mol. The Balaban J connectivity index is 1.65. The maximum Gasteiger partial charge on any atom is 0.194 e. The number of halogens is 3. The average Bonchev–Trinajstić information content (AvgIpc) is 3.47. The lowest BCUT2D eigenvalue weighted by atomic mass is 9.90. The molecule has 35 heavy (non-hydrogen) atoms. The molecule has 190 valence electrons. The van der Waals surface area contributed by atoms with E-state index in [0.717, 1.165) is 12.1 Å². The molecular weight excluding hydrogens is 473 g/mol. The van der Waals surface area contributed by atoms with E-state index in [4.69, 9.17) is 14.0 Å². The van der Waals surface area contributed by atoms with Crippen LogP contribution < -0.4 is 0 Å². The van der Waals surface area contributed by atoms with Crippen molar-refractivity contribution in [2.24, 2.45) is 0 Å². The molecule has 5 atom stereocenters. The largest absolute Gasteiger partial charge is 0.394 e. The van der Waals surface area contributed by atoms with Gasteiger partial charge in [0.15, 0.2) is 17.5 Å². The molecule has 1 aromatic carbocycles. The number of benzene rings is 1. The Hall–Kier alpha value is -2.84. The molecule has 0 aliphatic carbocycles. The van der Waals surface area contributed by atoms with Crippen molar-refractivity contribution in [3.05, 3.63) is 53.3 Å². The van der Waals surface area contributed by atoms with Crippen LogP contribution >= 0.6 is 0 Å². The molecule has 2 aromatic heterocycles. The summed E-state index contributed by atoms with van der Waals surface area (Å²) in [5, 5.41) is 42.5. The van der Waals surface area contributed by atoms with E-state index in [2.05, 4.69) is 15.5 Å². The van der Waals surface area contributed by atoms with Crippen LogP contribution in [0.15, 0.2) is 28.9 Å². The summed E-state index contributed by atoms with van der Waals surface area (Å²) in [5.74, 6) is -3.99. The molecule has 0 unspecified atom stereocenters. The summed E-state index contributed by atoms with van der Waals surface area (Å²) >= 11 is 0. The normalized spacial score (nSPS) is 25.2. The van der Waals surface area contributed by atoms with Gasteiger partial charge in [0.1, 0.15) is 47.1 Å². The Labute approximate surface area is 197 Å². The Bertz CT molecular complexity index is 1160. The van der Waals surface area contributed by atoms with Crippen LogP contribution in [0.4, 0.5) is 13.2 Å². The van der Waals surface area contributed by atoms with Crippen molar-refractivity contribution in [3.8, 4) is 11.3 Å². The fraction of sp³-hybridized carbons (Fsp3) is 0.500. The first-order valence-electron chi connectivity index (χ1n) is 10.8. The Morgan fingerprint density at radius 1 is 1.14 bits per heavy atom. The van der Waals surface area contributed by atoms with E-state index < -0.39 is 60.1 Å². The Morgan fingerprint density at radius 2 is 1.83 bits per heavy atom. The minimum absolute atomic E-state index is 0.0264. The van der Waals surface area contributed by atoms with Gasteiger partial charge in [-0.25, -0.2) is 17.9 Å². The van der Waals surface area contributed by atoms with Crippen LogP contribution in [0.3, 0.4) is 0 Å². The highest BCUT2D eigenvalue weighted by Crippen LogP contribution is 2.34. The van der Waals surface area contributed by atoms with E-state index in [9.17, 15) is 28.5 Å². The van der Waals surface area contributed by atoms with Crippen molar-refractivity contribution < 1.29 is 42.5 Å². The minimum Gasteiger partial charge on any atom is -0.394 e. The number of rotatable bonds is 7. The second-order valence-electron chi connectivity index (χ2n) is 8.86. The van der Waals surface area contributed by atoms with Gasteiger partial charge in [-0.15, -0.1) is 5.10 Å². The molecule has 13 heteroatoms. The van der Waals surface area contributed by atoms with Crippen molar-refractivity contribution in [3.63, 3.8) is 0 Å².